The van der Waals surface area contributed by atoms with Crippen LogP contribution in [-0.4, -0.2) is 14.3 Å². The highest BCUT2D eigenvalue weighted by Crippen LogP contribution is 2.30. The van der Waals surface area contributed by atoms with E-state index in [9.17, 15) is 13.2 Å². The molecule has 1 unspecified atom stereocenters. The lowest BCUT2D eigenvalue weighted by Gasteiger charge is -2.27. The third-order valence-corrected chi connectivity index (χ3v) is 8.22. The first-order valence-electron chi connectivity index (χ1n) is 12.0. The van der Waals surface area contributed by atoms with E-state index in [4.69, 9.17) is 11.6 Å². The predicted molar refractivity (Wildman–Crippen MR) is 150 cm³/mol. The molecule has 0 aromatic heterocycles. The van der Waals surface area contributed by atoms with Crippen LogP contribution < -0.4 is 9.62 Å². The zero-order valence-corrected chi connectivity index (χ0v) is 22.6. The highest BCUT2D eigenvalue weighted by molar-refractivity contribution is 7.92. The molecule has 0 spiro atoms. The Balaban J connectivity index is 1.74. The molecule has 5 nitrogen and oxygen atoms in total. The number of nitrogens with one attached hydrogen (secondary N) is 1. The number of aryl methyl sites for hydroxylation is 2. The van der Waals surface area contributed by atoms with Crippen molar-refractivity contribution in [1.82, 2.24) is 5.32 Å². The Bertz CT molecular complexity index is 1480. The molecule has 0 fully saturated rings. The fraction of sp³-hybridized carbons (Fsp3) is 0.167. The number of benzene rings is 4. The van der Waals surface area contributed by atoms with Crippen molar-refractivity contribution in [3.05, 3.63) is 130 Å². The summed E-state index contributed by atoms with van der Waals surface area (Å²) in [4.78, 5) is 13.6. The van der Waals surface area contributed by atoms with Gasteiger partial charge in [0.15, 0.2) is 0 Å². The van der Waals surface area contributed by atoms with Crippen molar-refractivity contribution in [3.63, 3.8) is 0 Å². The fourth-order valence-electron chi connectivity index (χ4n) is 3.99. The molecule has 4 rings (SSSR count). The van der Waals surface area contributed by atoms with E-state index in [1.807, 2.05) is 45.0 Å². The Morgan fingerprint density at radius 1 is 0.838 bits per heavy atom. The first-order valence-corrected chi connectivity index (χ1v) is 13.8. The highest BCUT2D eigenvalue weighted by Gasteiger charge is 2.29. The Kier molecular flexibility index (Phi) is 8.00. The zero-order chi connectivity index (χ0) is 26.6. The van der Waals surface area contributed by atoms with Gasteiger partial charge in [-0.15, -0.1) is 0 Å². The maximum Gasteiger partial charge on any atom is 0.264 e. The van der Waals surface area contributed by atoms with Gasteiger partial charge in [0.05, 0.1) is 28.7 Å². The Morgan fingerprint density at radius 3 is 2.03 bits per heavy atom. The van der Waals surface area contributed by atoms with Crippen molar-refractivity contribution in [2.24, 2.45) is 0 Å². The van der Waals surface area contributed by atoms with Crippen LogP contribution in [0.4, 0.5) is 5.69 Å². The van der Waals surface area contributed by atoms with Crippen molar-refractivity contribution < 1.29 is 13.2 Å². The van der Waals surface area contributed by atoms with E-state index >= 15 is 0 Å². The summed E-state index contributed by atoms with van der Waals surface area (Å²) in [7, 11) is -4.00. The van der Waals surface area contributed by atoms with Crippen molar-refractivity contribution >= 4 is 33.2 Å². The van der Waals surface area contributed by atoms with Gasteiger partial charge in [-0.05, 0) is 68.3 Å². The molecule has 1 N–H and O–H groups in total. The number of amides is 1. The third kappa shape index (κ3) is 6.21. The van der Waals surface area contributed by atoms with E-state index in [2.05, 4.69) is 5.32 Å². The molecule has 0 heterocycles. The average Bonchev–Trinajstić information content (AvgIpc) is 2.89. The molecular formula is C30H29ClN2O3S. The van der Waals surface area contributed by atoms with Gasteiger partial charge in [0.25, 0.3) is 15.9 Å². The Labute approximate surface area is 223 Å². The van der Waals surface area contributed by atoms with Crippen LogP contribution in [0.25, 0.3) is 0 Å². The summed E-state index contributed by atoms with van der Waals surface area (Å²) in [5, 5.41) is 3.58. The lowest BCUT2D eigenvalue weighted by molar-refractivity contribution is 0.0940. The minimum atomic E-state index is -4.00. The maximum atomic E-state index is 13.9. The molecule has 0 aliphatic rings. The van der Waals surface area contributed by atoms with Crippen molar-refractivity contribution in [3.8, 4) is 0 Å². The first kappa shape index (κ1) is 26.5. The van der Waals surface area contributed by atoms with E-state index in [-0.39, 0.29) is 29.0 Å². The number of carbonyl (C=O) groups excluding carboxylic acids is 1. The summed E-state index contributed by atoms with van der Waals surface area (Å²) in [6, 6.07) is 28.1. The largest absolute Gasteiger partial charge is 0.345 e. The molecule has 37 heavy (non-hydrogen) atoms. The van der Waals surface area contributed by atoms with Gasteiger partial charge in [0, 0.05) is 5.02 Å². The molecule has 0 saturated carbocycles. The lowest BCUT2D eigenvalue weighted by Crippen LogP contribution is -2.34. The number of carbonyl (C=O) groups is 1. The molecule has 0 aliphatic carbocycles. The van der Waals surface area contributed by atoms with Gasteiger partial charge in [0.1, 0.15) is 0 Å². The number of hydrogen-bond acceptors (Lipinski definition) is 3. The summed E-state index contributed by atoms with van der Waals surface area (Å²) in [6.45, 7) is 5.84. The van der Waals surface area contributed by atoms with Gasteiger partial charge in [0.2, 0.25) is 0 Å². The van der Waals surface area contributed by atoms with E-state index in [0.29, 0.717) is 10.7 Å². The second-order valence-corrected chi connectivity index (χ2v) is 11.4. The number of anilines is 1. The molecule has 0 radical (unpaired) electrons. The minimum Gasteiger partial charge on any atom is -0.345 e. The Morgan fingerprint density at radius 2 is 1.41 bits per heavy atom. The van der Waals surface area contributed by atoms with Crippen LogP contribution in [-0.2, 0) is 16.6 Å². The van der Waals surface area contributed by atoms with Gasteiger partial charge >= 0.3 is 0 Å². The molecule has 7 heteroatoms. The number of sulfonamides is 1. The fourth-order valence-corrected chi connectivity index (χ4v) is 5.59. The van der Waals surface area contributed by atoms with Crippen LogP contribution in [0.1, 0.15) is 45.6 Å². The van der Waals surface area contributed by atoms with Crippen molar-refractivity contribution in [2.45, 2.75) is 38.3 Å². The second-order valence-electron chi connectivity index (χ2n) is 9.07. The highest BCUT2D eigenvalue weighted by atomic mass is 35.5. The molecular weight excluding hydrogens is 504 g/mol. The molecule has 190 valence electrons. The molecule has 0 aliphatic heterocycles. The van der Waals surface area contributed by atoms with Crippen LogP contribution in [0.2, 0.25) is 5.02 Å². The van der Waals surface area contributed by atoms with Gasteiger partial charge < -0.3 is 5.32 Å². The quantitative estimate of drug-likeness (QED) is 0.270. The first-order chi connectivity index (χ1) is 17.6. The zero-order valence-electron chi connectivity index (χ0n) is 21.0. The minimum absolute atomic E-state index is 0.0329. The molecule has 1 atom stereocenters. The summed E-state index contributed by atoms with van der Waals surface area (Å²) in [6.07, 6.45) is 0. The maximum absolute atomic E-state index is 13.9. The standard InChI is InChI=1S/C30H29ClN2O3S/c1-21-8-14-25(15-9-21)23(3)32-30(34)28-6-4-5-7-29(28)33(20-24-12-16-26(31)17-13-24)37(35,36)27-18-10-22(2)11-19-27/h4-19,23H,20H2,1-3H3,(H,32,34). The van der Waals surface area contributed by atoms with Gasteiger partial charge in [-0.2, -0.15) is 0 Å². The monoisotopic (exact) mass is 532 g/mol. The normalized spacial score (nSPS) is 12.1. The molecule has 0 saturated heterocycles. The van der Waals surface area contributed by atoms with E-state index in [1.165, 1.54) is 4.31 Å². The van der Waals surface area contributed by atoms with Gasteiger partial charge in [-0.25, -0.2) is 8.42 Å². The number of para-hydroxylation sites is 1. The molecule has 4 aromatic carbocycles. The third-order valence-electron chi connectivity index (χ3n) is 6.19. The van der Waals surface area contributed by atoms with E-state index in [1.54, 1.807) is 72.8 Å². The smallest absolute Gasteiger partial charge is 0.264 e. The van der Waals surface area contributed by atoms with E-state index < -0.39 is 10.0 Å². The molecule has 0 bridgehead atoms. The lowest BCUT2D eigenvalue weighted by atomic mass is 10.1. The number of hydrogen-bond donors (Lipinski definition) is 1. The Hall–Kier alpha value is -3.61. The number of nitrogens with zero attached hydrogens (tertiary/aromatic N) is 1. The summed E-state index contributed by atoms with van der Waals surface area (Å²) < 4.78 is 29.2. The molecule has 4 aromatic rings. The van der Waals surface area contributed by atoms with Crippen LogP contribution in [0, 0.1) is 13.8 Å². The van der Waals surface area contributed by atoms with Gasteiger partial charge in [-0.1, -0.05) is 83.4 Å². The van der Waals surface area contributed by atoms with Crippen LogP contribution in [0.15, 0.2) is 102 Å². The van der Waals surface area contributed by atoms with E-state index in [0.717, 1.165) is 22.3 Å². The summed E-state index contributed by atoms with van der Waals surface area (Å²) in [5.74, 6) is -0.358. The van der Waals surface area contributed by atoms with Crippen LogP contribution in [0.5, 0.6) is 0 Å². The second kappa shape index (κ2) is 11.2. The van der Waals surface area contributed by atoms with Gasteiger partial charge in [-0.3, -0.25) is 9.10 Å². The number of halogens is 1. The summed E-state index contributed by atoms with van der Waals surface area (Å²) in [5.41, 5.74) is 4.35. The predicted octanol–water partition coefficient (Wildman–Crippen LogP) is 6.84. The average molecular weight is 533 g/mol. The van der Waals surface area contributed by atoms with Crippen molar-refractivity contribution in [2.75, 3.05) is 4.31 Å². The van der Waals surface area contributed by atoms with Crippen molar-refractivity contribution in [1.29, 1.82) is 0 Å². The summed E-state index contributed by atoms with van der Waals surface area (Å²) >= 11 is 6.06. The van der Waals surface area contributed by atoms with Crippen LogP contribution in [0.3, 0.4) is 0 Å². The topological polar surface area (TPSA) is 66.5 Å². The SMILES string of the molecule is Cc1ccc(C(C)NC(=O)c2ccccc2N(Cc2ccc(Cl)cc2)S(=O)(=O)c2ccc(C)cc2)cc1. The number of rotatable bonds is 8. The molecule has 1 amide bonds. The van der Waals surface area contributed by atoms with Crippen LogP contribution >= 0.6 is 11.6 Å².